The van der Waals surface area contributed by atoms with Crippen LogP contribution in [0.25, 0.3) is 0 Å². The van der Waals surface area contributed by atoms with Gasteiger partial charge in [-0.2, -0.15) is 8.42 Å². The molecule has 3 rings (SSSR count). The van der Waals surface area contributed by atoms with Crippen molar-refractivity contribution in [2.24, 2.45) is 0 Å². The van der Waals surface area contributed by atoms with Gasteiger partial charge in [0.25, 0.3) is 0 Å². The van der Waals surface area contributed by atoms with Crippen molar-refractivity contribution in [1.29, 1.82) is 0 Å². The summed E-state index contributed by atoms with van der Waals surface area (Å²) in [6.07, 6.45) is -0.315. The van der Waals surface area contributed by atoms with Crippen LogP contribution in [0.1, 0.15) is 5.56 Å². The lowest BCUT2D eigenvalue weighted by Crippen LogP contribution is -2.41. The minimum atomic E-state index is -3.86. The number of amides is 1. The molecule has 0 saturated heterocycles. The predicted molar refractivity (Wildman–Crippen MR) is 94.1 cm³/mol. The van der Waals surface area contributed by atoms with E-state index in [0.717, 1.165) is 26.8 Å². The van der Waals surface area contributed by atoms with Gasteiger partial charge in [-0.25, -0.2) is 17.5 Å². The molecule has 2 aromatic carbocycles. The zero-order valence-electron chi connectivity index (χ0n) is 14.2. The van der Waals surface area contributed by atoms with Gasteiger partial charge in [0, 0.05) is 25.7 Å². The molecule has 0 bridgehead atoms. The van der Waals surface area contributed by atoms with Crippen molar-refractivity contribution < 1.29 is 26.4 Å². The molecular weight excluding hydrogens is 383 g/mol. The minimum Gasteiger partial charge on any atom is -0.354 e. The molecule has 27 heavy (non-hydrogen) atoms. The fourth-order valence-electron chi connectivity index (χ4n) is 2.79. The summed E-state index contributed by atoms with van der Waals surface area (Å²) in [6, 6.07) is 6.52. The lowest BCUT2D eigenvalue weighted by Gasteiger charge is -2.19. The SMILES string of the molecule is CN1c2ccc(F)cc2N(CCNC(=O)Cc2ccc(F)cc2F)S1(=O)=O. The normalized spacial score (nSPS) is 15.0. The van der Waals surface area contributed by atoms with Crippen LogP contribution >= 0.6 is 0 Å². The molecule has 0 spiro atoms. The Labute approximate surface area is 154 Å². The van der Waals surface area contributed by atoms with Crippen LogP contribution in [-0.4, -0.2) is 34.5 Å². The molecule has 0 atom stereocenters. The van der Waals surface area contributed by atoms with E-state index in [1.165, 1.54) is 19.2 Å². The molecule has 1 N–H and O–H groups in total. The van der Waals surface area contributed by atoms with E-state index < -0.39 is 33.6 Å². The molecule has 2 aromatic rings. The molecule has 10 heteroatoms. The number of fused-ring (bicyclic) bond motifs is 1. The van der Waals surface area contributed by atoms with E-state index >= 15 is 0 Å². The van der Waals surface area contributed by atoms with Crippen molar-refractivity contribution in [3.63, 3.8) is 0 Å². The van der Waals surface area contributed by atoms with Gasteiger partial charge in [-0.1, -0.05) is 6.07 Å². The first-order valence-corrected chi connectivity index (χ1v) is 9.36. The number of hydrogen-bond acceptors (Lipinski definition) is 3. The number of nitrogens with one attached hydrogen (secondary N) is 1. The summed E-state index contributed by atoms with van der Waals surface area (Å²) in [5, 5.41) is 2.48. The van der Waals surface area contributed by atoms with Gasteiger partial charge in [-0.05, 0) is 23.8 Å². The van der Waals surface area contributed by atoms with Crippen molar-refractivity contribution in [1.82, 2.24) is 5.32 Å². The fourth-order valence-corrected chi connectivity index (χ4v) is 4.21. The molecule has 1 amide bonds. The van der Waals surface area contributed by atoms with E-state index in [4.69, 9.17) is 0 Å². The average Bonchev–Trinajstić information content (AvgIpc) is 2.77. The van der Waals surface area contributed by atoms with Gasteiger partial charge in [-0.15, -0.1) is 0 Å². The molecule has 0 radical (unpaired) electrons. The monoisotopic (exact) mass is 399 g/mol. The van der Waals surface area contributed by atoms with E-state index in [0.29, 0.717) is 11.8 Å². The molecule has 0 aliphatic carbocycles. The average molecular weight is 399 g/mol. The van der Waals surface area contributed by atoms with Crippen LogP contribution in [0.3, 0.4) is 0 Å². The van der Waals surface area contributed by atoms with Crippen LogP contribution in [0.2, 0.25) is 0 Å². The molecule has 1 heterocycles. The number of anilines is 2. The van der Waals surface area contributed by atoms with Gasteiger partial charge in [0.1, 0.15) is 17.5 Å². The number of benzene rings is 2. The number of rotatable bonds is 5. The smallest absolute Gasteiger partial charge is 0.326 e. The highest BCUT2D eigenvalue weighted by molar-refractivity contribution is 7.94. The second-order valence-electron chi connectivity index (χ2n) is 5.94. The van der Waals surface area contributed by atoms with Gasteiger partial charge in [-0.3, -0.25) is 9.10 Å². The quantitative estimate of drug-likeness (QED) is 0.836. The molecule has 0 fully saturated rings. The van der Waals surface area contributed by atoms with Crippen LogP contribution in [0.4, 0.5) is 24.5 Å². The van der Waals surface area contributed by atoms with Crippen LogP contribution in [0.5, 0.6) is 0 Å². The summed E-state index contributed by atoms with van der Waals surface area (Å²) in [5.41, 5.74) is 0.530. The van der Waals surface area contributed by atoms with Crippen molar-refractivity contribution in [2.75, 3.05) is 28.7 Å². The largest absolute Gasteiger partial charge is 0.354 e. The Bertz CT molecular complexity index is 998. The zero-order valence-corrected chi connectivity index (χ0v) is 15.1. The van der Waals surface area contributed by atoms with Crippen molar-refractivity contribution >= 4 is 27.5 Å². The molecule has 144 valence electrons. The third-order valence-corrected chi connectivity index (χ3v) is 6.00. The Balaban J connectivity index is 1.65. The Hall–Kier alpha value is -2.75. The topological polar surface area (TPSA) is 69.7 Å². The maximum Gasteiger partial charge on any atom is 0.326 e. The van der Waals surface area contributed by atoms with Gasteiger partial charge in [0.2, 0.25) is 5.91 Å². The molecule has 0 unspecified atom stereocenters. The molecule has 0 saturated carbocycles. The zero-order chi connectivity index (χ0) is 19.8. The second-order valence-corrected chi connectivity index (χ2v) is 7.83. The number of carbonyl (C=O) groups is 1. The minimum absolute atomic E-state index is 0.0230. The van der Waals surface area contributed by atoms with Crippen molar-refractivity contribution in [3.8, 4) is 0 Å². The fraction of sp³-hybridized carbons (Fsp3) is 0.235. The first kappa shape index (κ1) is 19.0. The van der Waals surface area contributed by atoms with E-state index in [1.807, 2.05) is 0 Å². The van der Waals surface area contributed by atoms with Gasteiger partial charge in [0.15, 0.2) is 0 Å². The van der Waals surface area contributed by atoms with E-state index in [2.05, 4.69) is 5.32 Å². The summed E-state index contributed by atoms with van der Waals surface area (Å²) in [5.74, 6) is -2.71. The standard InChI is InChI=1S/C17H16F3N3O3S/c1-22-15-5-4-13(19)10-16(15)23(27(22,25)26)7-6-21-17(24)8-11-2-3-12(18)9-14(11)20/h2-5,9-10H,6-8H2,1H3,(H,21,24). The van der Waals surface area contributed by atoms with Crippen molar-refractivity contribution in [3.05, 3.63) is 59.4 Å². The van der Waals surface area contributed by atoms with Gasteiger partial charge < -0.3 is 5.32 Å². The Morgan fingerprint density at radius 1 is 1.04 bits per heavy atom. The molecule has 0 aromatic heterocycles. The molecule has 1 aliphatic rings. The highest BCUT2D eigenvalue weighted by atomic mass is 32.2. The van der Waals surface area contributed by atoms with Gasteiger partial charge in [0.05, 0.1) is 24.3 Å². The molecule has 1 aliphatic heterocycles. The molecule has 6 nitrogen and oxygen atoms in total. The number of halogens is 3. The van der Waals surface area contributed by atoms with Crippen LogP contribution in [-0.2, 0) is 21.4 Å². The number of nitrogens with zero attached hydrogens (tertiary/aromatic N) is 2. The lowest BCUT2D eigenvalue weighted by atomic mass is 10.1. The Morgan fingerprint density at radius 3 is 2.41 bits per heavy atom. The first-order valence-electron chi connectivity index (χ1n) is 7.97. The van der Waals surface area contributed by atoms with Crippen LogP contribution in [0.15, 0.2) is 36.4 Å². The summed E-state index contributed by atoms with van der Waals surface area (Å²) in [6.45, 7) is -0.189. The highest BCUT2D eigenvalue weighted by Crippen LogP contribution is 2.39. The maximum atomic E-state index is 13.6. The second kappa shape index (κ2) is 7.10. The number of carbonyl (C=O) groups excluding carboxylic acids is 1. The highest BCUT2D eigenvalue weighted by Gasteiger charge is 2.37. The van der Waals surface area contributed by atoms with E-state index in [9.17, 15) is 26.4 Å². The van der Waals surface area contributed by atoms with Crippen LogP contribution in [0, 0.1) is 17.5 Å². The summed E-state index contributed by atoms with van der Waals surface area (Å²) in [4.78, 5) is 11.9. The summed E-state index contributed by atoms with van der Waals surface area (Å²) >= 11 is 0. The molecular formula is C17H16F3N3O3S. The lowest BCUT2D eigenvalue weighted by molar-refractivity contribution is -0.120. The number of hydrogen-bond donors (Lipinski definition) is 1. The van der Waals surface area contributed by atoms with Crippen molar-refractivity contribution in [2.45, 2.75) is 6.42 Å². The first-order chi connectivity index (χ1) is 12.7. The Morgan fingerprint density at radius 2 is 1.70 bits per heavy atom. The third-order valence-electron chi connectivity index (χ3n) is 4.17. The predicted octanol–water partition coefficient (Wildman–Crippen LogP) is 1.96. The van der Waals surface area contributed by atoms with E-state index in [-0.39, 0.29) is 30.8 Å². The summed E-state index contributed by atoms with van der Waals surface area (Å²) < 4.78 is 66.8. The van der Waals surface area contributed by atoms with E-state index in [1.54, 1.807) is 0 Å². The Kier molecular flexibility index (Phi) is 5.01. The third kappa shape index (κ3) is 3.70. The van der Waals surface area contributed by atoms with Gasteiger partial charge >= 0.3 is 10.2 Å². The maximum absolute atomic E-state index is 13.6. The summed E-state index contributed by atoms with van der Waals surface area (Å²) in [7, 11) is -2.51. The van der Waals surface area contributed by atoms with Crippen LogP contribution < -0.4 is 13.9 Å².